The number of rotatable bonds is 6. The Hall–Kier alpha value is -3.61. The second-order valence-corrected chi connectivity index (χ2v) is 9.78. The molecule has 1 amide bonds. The fourth-order valence-corrected chi connectivity index (χ4v) is 5.32. The summed E-state index contributed by atoms with van der Waals surface area (Å²) in [4.78, 5) is 32.2. The lowest BCUT2D eigenvalue weighted by atomic mass is 9.63. The number of hydrogen-bond acceptors (Lipinski definition) is 6. The van der Waals surface area contributed by atoms with Gasteiger partial charge in [0.05, 0.1) is 32.9 Å². The zero-order chi connectivity index (χ0) is 25.3. The van der Waals surface area contributed by atoms with Gasteiger partial charge in [-0.2, -0.15) is 0 Å². The molecule has 1 fully saturated rings. The van der Waals surface area contributed by atoms with Gasteiger partial charge in [0.15, 0.2) is 11.5 Å². The third kappa shape index (κ3) is 4.55. The second-order valence-electron chi connectivity index (χ2n) is 9.78. The number of ketones is 1. The Morgan fingerprint density at radius 3 is 2.31 bits per heavy atom. The molecule has 0 saturated heterocycles. The van der Waals surface area contributed by atoms with E-state index >= 15 is 0 Å². The first-order chi connectivity index (χ1) is 16.7. The van der Waals surface area contributed by atoms with Crippen LogP contribution < -0.4 is 19.5 Å². The van der Waals surface area contributed by atoms with Gasteiger partial charge in [0.1, 0.15) is 11.5 Å². The van der Waals surface area contributed by atoms with E-state index in [9.17, 15) is 9.59 Å². The van der Waals surface area contributed by atoms with Gasteiger partial charge in [-0.3, -0.25) is 14.6 Å². The number of methoxy groups -OCH3 is 3. The number of carbonyl (C=O) groups is 2. The first kappa shape index (κ1) is 24.5. The number of nitrogens with zero attached hydrogens (tertiary/aromatic N) is 1. The van der Waals surface area contributed by atoms with Gasteiger partial charge >= 0.3 is 0 Å². The lowest BCUT2D eigenvalue weighted by molar-refractivity contribution is -0.124. The minimum atomic E-state index is -0.564. The van der Waals surface area contributed by atoms with Gasteiger partial charge in [0.25, 0.3) is 5.91 Å². The highest BCUT2D eigenvalue weighted by Crippen LogP contribution is 2.50. The van der Waals surface area contributed by atoms with E-state index < -0.39 is 11.8 Å². The quantitative estimate of drug-likeness (QED) is 0.622. The molecule has 1 heterocycles. The first-order valence-corrected chi connectivity index (χ1v) is 11.7. The summed E-state index contributed by atoms with van der Waals surface area (Å²) < 4.78 is 16.7. The summed E-state index contributed by atoms with van der Waals surface area (Å²) in [5, 5.41) is 2.98. The van der Waals surface area contributed by atoms with Gasteiger partial charge in [-0.15, -0.1) is 0 Å². The van der Waals surface area contributed by atoms with Crippen LogP contribution in [0.25, 0.3) is 0 Å². The predicted octanol–water partition coefficient (Wildman–Crippen LogP) is 5.17. The van der Waals surface area contributed by atoms with Crippen LogP contribution in [0.3, 0.4) is 0 Å². The zero-order valence-electron chi connectivity index (χ0n) is 21.1. The molecular weight excluding hydrogens is 444 g/mol. The molecule has 2 aliphatic rings. The van der Waals surface area contributed by atoms with Crippen molar-refractivity contribution in [3.8, 4) is 17.2 Å². The number of para-hydroxylation sites is 3. The molecule has 184 valence electrons. The Morgan fingerprint density at radius 1 is 0.943 bits per heavy atom. The van der Waals surface area contributed by atoms with Crippen molar-refractivity contribution in [2.75, 3.05) is 26.6 Å². The zero-order valence-corrected chi connectivity index (χ0v) is 21.1. The Kier molecular flexibility index (Phi) is 6.70. The van der Waals surface area contributed by atoms with E-state index in [0.717, 1.165) is 11.3 Å². The first-order valence-electron chi connectivity index (χ1n) is 11.7. The number of benzene rings is 2. The third-order valence-corrected chi connectivity index (χ3v) is 6.73. The summed E-state index contributed by atoms with van der Waals surface area (Å²) >= 11 is 0. The van der Waals surface area contributed by atoms with Crippen molar-refractivity contribution in [3.05, 3.63) is 59.3 Å². The number of anilines is 1. The number of allylic oxidation sites excluding steroid dienone is 1. The summed E-state index contributed by atoms with van der Waals surface area (Å²) in [5.41, 5.74) is 2.91. The molecule has 7 nitrogen and oxygen atoms in total. The van der Waals surface area contributed by atoms with Crippen LogP contribution in [0.15, 0.2) is 58.7 Å². The molecular formula is C28H32N2O5. The Balaban J connectivity index is 1.89. The number of fused-ring (bicyclic) bond motifs is 1. The van der Waals surface area contributed by atoms with Gasteiger partial charge in [-0.25, -0.2) is 0 Å². The van der Waals surface area contributed by atoms with Crippen LogP contribution in [-0.4, -0.2) is 38.7 Å². The minimum Gasteiger partial charge on any atom is -0.495 e. The Morgan fingerprint density at radius 2 is 1.63 bits per heavy atom. The highest BCUT2D eigenvalue weighted by atomic mass is 16.5. The fourth-order valence-electron chi connectivity index (χ4n) is 5.32. The molecule has 1 saturated carbocycles. The van der Waals surface area contributed by atoms with E-state index in [-0.39, 0.29) is 17.1 Å². The van der Waals surface area contributed by atoms with Gasteiger partial charge in [-0.1, -0.05) is 38.1 Å². The molecule has 4 rings (SSSR count). The third-order valence-electron chi connectivity index (χ3n) is 6.73. The Labute approximate surface area is 206 Å². The van der Waals surface area contributed by atoms with Gasteiger partial charge in [0.2, 0.25) is 0 Å². The summed E-state index contributed by atoms with van der Waals surface area (Å²) in [6.07, 6.45) is 1.10. The van der Waals surface area contributed by atoms with Crippen molar-refractivity contribution in [1.82, 2.24) is 0 Å². The summed E-state index contributed by atoms with van der Waals surface area (Å²) in [6, 6.07) is 12.8. The predicted molar refractivity (Wildman–Crippen MR) is 136 cm³/mol. The number of Topliss-reactive ketones (excluding diaryl/α,β-unsaturated/α-hetero) is 1. The maximum absolute atomic E-state index is 13.8. The van der Waals surface area contributed by atoms with Gasteiger partial charge in [0, 0.05) is 34.9 Å². The SMILES string of the molecule is COc1ccccc1NC(=O)C1=C(C)N=C2CC(C)(C)CC(=O)[C@@H]2[C@H]1c1cccc(OC)c1OC. The number of amides is 1. The standard InChI is InChI=1S/C28H32N2O5/c1-16-23(27(32)30-18-11-7-8-12-21(18)33-4)24(17-10-9-13-22(34-5)26(17)35-6)25-19(29-16)14-28(2,3)15-20(25)31/h7-13,24-25H,14-15H2,1-6H3,(H,30,32)/t24-,25+/m0/s1. The monoisotopic (exact) mass is 476 g/mol. The van der Waals surface area contributed by atoms with Gasteiger partial charge in [-0.05, 0) is 37.0 Å². The summed E-state index contributed by atoms with van der Waals surface area (Å²) in [7, 11) is 4.69. The second kappa shape index (κ2) is 9.56. The molecule has 0 bridgehead atoms. The van der Waals surface area contributed by atoms with Crippen molar-refractivity contribution < 1.29 is 23.8 Å². The molecule has 35 heavy (non-hydrogen) atoms. The largest absolute Gasteiger partial charge is 0.495 e. The van der Waals surface area contributed by atoms with E-state index in [1.807, 2.05) is 31.2 Å². The molecule has 0 unspecified atom stereocenters. The van der Waals surface area contributed by atoms with Crippen LogP contribution in [0, 0.1) is 11.3 Å². The maximum atomic E-state index is 13.8. The summed E-state index contributed by atoms with van der Waals surface area (Å²) in [6.45, 7) is 5.98. The average molecular weight is 477 g/mol. The number of nitrogens with one attached hydrogen (secondary N) is 1. The highest BCUT2D eigenvalue weighted by Gasteiger charge is 2.48. The van der Waals surface area contributed by atoms with Crippen molar-refractivity contribution >= 4 is 23.1 Å². The molecule has 7 heteroatoms. The van der Waals surface area contributed by atoms with Crippen LogP contribution >= 0.6 is 0 Å². The highest BCUT2D eigenvalue weighted by molar-refractivity contribution is 6.14. The minimum absolute atomic E-state index is 0.0740. The van der Waals surface area contributed by atoms with Crippen LogP contribution in [0.4, 0.5) is 5.69 Å². The lowest BCUT2D eigenvalue weighted by Gasteiger charge is -2.41. The van der Waals surface area contributed by atoms with E-state index in [0.29, 0.717) is 47.0 Å². The normalized spacial score (nSPS) is 21.1. The lowest BCUT2D eigenvalue weighted by Crippen LogP contribution is -2.44. The number of ether oxygens (including phenoxy) is 3. The number of hydrogen-bond donors (Lipinski definition) is 1. The van der Waals surface area contributed by atoms with Crippen LogP contribution in [-0.2, 0) is 9.59 Å². The van der Waals surface area contributed by atoms with Crippen LogP contribution in [0.1, 0.15) is 45.1 Å². The van der Waals surface area contributed by atoms with E-state index in [1.54, 1.807) is 39.5 Å². The molecule has 0 aromatic heterocycles. The van der Waals surface area contributed by atoms with Crippen LogP contribution in [0.2, 0.25) is 0 Å². The summed E-state index contributed by atoms with van der Waals surface area (Å²) in [5.74, 6) is 0.225. The molecule has 0 spiro atoms. The van der Waals surface area contributed by atoms with Gasteiger partial charge < -0.3 is 19.5 Å². The smallest absolute Gasteiger partial charge is 0.254 e. The molecule has 2 aromatic rings. The molecule has 1 aliphatic heterocycles. The molecule has 1 N–H and O–H groups in total. The number of aliphatic imine (C=N–C) groups is 1. The van der Waals surface area contributed by atoms with Crippen molar-refractivity contribution in [2.45, 2.75) is 39.5 Å². The number of carbonyl (C=O) groups excluding carboxylic acids is 2. The van der Waals surface area contributed by atoms with Crippen molar-refractivity contribution in [3.63, 3.8) is 0 Å². The molecule has 2 aromatic carbocycles. The van der Waals surface area contributed by atoms with Crippen molar-refractivity contribution in [1.29, 1.82) is 0 Å². The Bertz CT molecular complexity index is 1230. The average Bonchev–Trinajstić information content (AvgIpc) is 2.81. The maximum Gasteiger partial charge on any atom is 0.254 e. The van der Waals surface area contributed by atoms with E-state index in [2.05, 4.69) is 19.2 Å². The van der Waals surface area contributed by atoms with E-state index in [1.165, 1.54) is 0 Å². The van der Waals surface area contributed by atoms with Crippen molar-refractivity contribution in [2.24, 2.45) is 16.3 Å². The molecule has 1 aliphatic carbocycles. The molecule has 2 atom stereocenters. The topological polar surface area (TPSA) is 86.2 Å². The molecule has 0 radical (unpaired) electrons. The van der Waals surface area contributed by atoms with E-state index in [4.69, 9.17) is 19.2 Å². The fraction of sp³-hybridized carbons (Fsp3) is 0.393. The van der Waals surface area contributed by atoms with Crippen LogP contribution in [0.5, 0.6) is 17.2 Å².